The lowest BCUT2D eigenvalue weighted by molar-refractivity contribution is -0.108. The van der Waals surface area contributed by atoms with Crippen molar-refractivity contribution in [2.24, 2.45) is 11.3 Å². The molecule has 0 spiro atoms. The molecule has 1 aliphatic rings. The van der Waals surface area contributed by atoms with Gasteiger partial charge < -0.3 is 10.2 Å². The average molecular weight is 228 g/mol. The minimum absolute atomic E-state index is 0.235. The van der Waals surface area contributed by atoms with Crippen LogP contribution in [0.25, 0.3) is 0 Å². The molecule has 0 aromatic carbocycles. The van der Waals surface area contributed by atoms with Crippen LogP contribution in [-0.4, -0.2) is 21.9 Å². The van der Waals surface area contributed by atoms with Gasteiger partial charge in [0.05, 0.1) is 11.7 Å². The molecule has 1 unspecified atom stereocenters. The Balaban J connectivity index is 2.43. The molecule has 0 radical (unpaired) electrons. The van der Waals surface area contributed by atoms with Gasteiger partial charge in [0.1, 0.15) is 0 Å². The van der Waals surface area contributed by atoms with Gasteiger partial charge in [-0.3, -0.25) is 0 Å². The van der Waals surface area contributed by atoms with Crippen LogP contribution in [-0.2, 0) is 0 Å². The first kappa shape index (κ1) is 14.0. The highest BCUT2D eigenvalue weighted by Gasteiger charge is 2.38. The van der Waals surface area contributed by atoms with E-state index in [9.17, 15) is 10.2 Å². The van der Waals surface area contributed by atoms with Gasteiger partial charge in [-0.15, -0.1) is 0 Å². The number of hydrogen-bond donors (Lipinski definition) is 2. The van der Waals surface area contributed by atoms with Crippen molar-refractivity contribution in [1.82, 2.24) is 0 Å². The van der Waals surface area contributed by atoms with Gasteiger partial charge in [-0.2, -0.15) is 0 Å². The Morgan fingerprint density at radius 3 is 2.19 bits per heavy atom. The number of aliphatic hydroxyl groups is 2. The van der Waals surface area contributed by atoms with Gasteiger partial charge in [0.2, 0.25) is 0 Å². The maximum absolute atomic E-state index is 10.4. The first-order chi connectivity index (χ1) is 7.23. The molecule has 1 fully saturated rings. The zero-order valence-electron chi connectivity index (χ0n) is 11.3. The molecule has 0 heterocycles. The van der Waals surface area contributed by atoms with Crippen molar-refractivity contribution < 1.29 is 10.2 Å². The van der Waals surface area contributed by atoms with Crippen molar-refractivity contribution in [3.05, 3.63) is 0 Å². The maximum atomic E-state index is 10.4. The van der Waals surface area contributed by atoms with Crippen molar-refractivity contribution >= 4 is 0 Å². The van der Waals surface area contributed by atoms with Crippen LogP contribution >= 0.6 is 0 Å². The summed E-state index contributed by atoms with van der Waals surface area (Å²) in [7, 11) is 0. The smallest absolute Gasteiger partial charge is 0.0905 e. The van der Waals surface area contributed by atoms with Crippen LogP contribution in [0.15, 0.2) is 0 Å². The molecule has 0 saturated heterocycles. The Hall–Kier alpha value is -0.0800. The van der Waals surface area contributed by atoms with Crippen molar-refractivity contribution in [1.29, 1.82) is 0 Å². The number of rotatable bonds is 3. The summed E-state index contributed by atoms with van der Waals surface area (Å²) in [6.45, 7) is 8.74. The van der Waals surface area contributed by atoms with E-state index in [2.05, 4.69) is 27.7 Å². The molecule has 2 nitrogen and oxygen atoms in total. The summed E-state index contributed by atoms with van der Waals surface area (Å²) in [6, 6.07) is 0. The molecule has 0 aliphatic heterocycles. The van der Waals surface area contributed by atoms with Crippen LogP contribution in [0.3, 0.4) is 0 Å². The molecule has 1 atom stereocenters. The first-order valence-electron chi connectivity index (χ1n) is 6.63. The van der Waals surface area contributed by atoms with Gasteiger partial charge >= 0.3 is 0 Å². The molecule has 1 rings (SSSR count). The predicted octanol–water partition coefficient (Wildman–Crippen LogP) is 3.11. The van der Waals surface area contributed by atoms with Crippen molar-refractivity contribution in [3.63, 3.8) is 0 Å². The van der Waals surface area contributed by atoms with Crippen LogP contribution in [0, 0.1) is 11.3 Å². The normalized spacial score (nSPS) is 33.8. The van der Waals surface area contributed by atoms with Gasteiger partial charge in [-0.05, 0) is 49.9 Å². The standard InChI is InChI=1S/C14H28O2/c1-11-5-9-14(16,10-6-11)12(15)7-8-13(2,3)4/h11-12,15-16H,5-10H2,1-4H3. The lowest BCUT2D eigenvalue weighted by Crippen LogP contribution is -2.45. The third-order valence-electron chi connectivity index (χ3n) is 3.93. The summed E-state index contributed by atoms with van der Waals surface area (Å²) in [4.78, 5) is 0. The molecular weight excluding hydrogens is 200 g/mol. The van der Waals surface area contributed by atoms with E-state index >= 15 is 0 Å². The fourth-order valence-corrected chi connectivity index (χ4v) is 2.43. The molecule has 96 valence electrons. The quantitative estimate of drug-likeness (QED) is 0.779. The zero-order valence-corrected chi connectivity index (χ0v) is 11.3. The number of aliphatic hydroxyl groups excluding tert-OH is 1. The Kier molecular flexibility index (Phi) is 4.42. The van der Waals surface area contributed by atoms with Gasteiger partial charge in [0.15, 0.2) is 0 Å². The Labute approximate surface area is 100 Å². The Bertz CT molecular complexity index is 209. The van der Waals surface area contributed by atoms with E-state index in [1.54, 1.807) is 0 Å². The third-order valence-corrected chi connectivity index (χ3v) is 3.93. The predicted molar refractivity (Wildman–Crippen MR) is 67.3 cm³/mol. The van der Waals surface area contributed by atoms with E-state index in [1.807, 2.05) is 0 Å². The fourth-order valence-electron chi connectivity index (χ4n) is 2.43. The summed E-state index contributed by atoms with van der Waals surface area (Å²) >= 11 is 0. The van der Waals surface area contributed by atoms with Crippen LogP contribution in [0.1, 0.15) is 66.2 Å². The molecule has 2 heteroatoms. The second-order valence-corrected chi connectivity index (χ2v) is 6.90. The Morgan fingerprint density at radius 2 is 1.75 bits per heavy atom. The van der Waals surface area contributed by atoms with E-state index in [4.69, 9.17) is 0 Å². The lowest BCUT2D eigenvalue weighted by Gasteiger charge is -2.39. The molecule has 0 aromatic heterocycles. The molecule has 1 aliphatic carbocycles. The first-order valence-corrected chi connectivity index (χ1v) is 6.63. The topological polar surface area (TPSA) is 40.5 Å². The van der Waals surface area contributed by atoms with Crippen molar-refractivity contribution in [2.75, 3.05) is 0 Å². The molecule has 0 amide bonds. The van der Waals surface area contributed by atoms with Gasteiger partial charge in [-0.25, -0.2) is 0 Å². The summed E-state index contributed by atoms with van der Waals surface area (Å²) in [5.74, 6) is 0.704. The van der Waals surface area contributed by atoms with Crippen LogP contribution in [0.4, 0.5) is 0 Å². The van der Waals surface area contributed by atoms with E-state index < -0.39 is 11.7 Å². The maximum Gasteiger partial charge on any atom is 0.0905 e. The SMILES string of the molecule is CC1CCC(O)(C(O)CCC(C)(C)C)CC1. The van der Waals surface area contributed by atoms with E-state index in [0.29, 0.717) is 12.3 Å². The summed E-state index contributed by atoms with van der Waals surface area (Å²) in [5, 5.41) is 20.5. The molecule has 0 bridgehead atoms. The Morgan fingerprint density at radius 1 is 1.25 bits per heavy atom. The largest absolute Gasteiger partial charge is 0.390 e. The fraction of sp³-hybridized carbons (Fsp3) is 1.00. The second kappa shape index (κ2) is 5.05. The highest BCUT2D eigenvalue weighted by atomic mass is 16.3. The summed E-state index contributed by atoms with van der Waals surface area (Å²) in [5.41, 5.74) is -0.572. The average Bonchev–Trinajstić information content (AvgIpc) is 2.18. The third kappa shape index (κ3) is 4.06. The van der Waals surface area contributed by atoms with Crippen LogP contribution in [0.2, 0.25) is 0 Å². The second-order valence-electron chi connectivity index (χ2n) is 6.90. The minimum atomic E-state index is -0.808. The minimum Gasteiger partial charge on any atom is -0.390 e. The van der Waals surface area contributed by atoms with E-state index in [1.165, 1.54) is 0 Å². The monoisotopic (exact) mass is 228 g/mol. The molecule has 2 N–H and O–H groups in total. The van der Waals surface area contributed by atoms with Crippen molar-refractivity contribution in [2.45, 2.75) is 77.9 Å². The highest BCUT2D eigenvalue weighted by Crippen LogP contribution is 2.36. The molecule has 1 saturated carbocycles. The number of hydrogen-bond acceptors (Lipinski definition) is 2. The van der Waals surface area contributed by atoms with E-state index in [0.717, 1.165) is 32.1 Å². The zero-order chi connectivity index (χ0) is 12.4. The molecule has 16 heavy (non-hydrogen) atoms. The summed E-state index contributed by atoms with van der Waals surface area (Å²) < 4.78 is 0. The van der Waals surface area contributed by atoms with E-state index in [-0.39, 0.29) is 5.41 Å². The van der Waals surface area contributed by atoms with Crippen LogP contribution in [0.5, 0.6) is 0 Å². The van der Waals surface area contributed by atoms with Crippen molar-refractivity contribution in [3.8, 4) is 0 Å². The molecule has 0 aromatic rings. The van der Waals surface area contributed by atoms with Gasteiger partial charge in [0, 0.05) is 0 Å². The molecular formula is C14H28O2. The lowest BCUT2D eigenvalue weighted by atomic mass is 9.74. The summed E-state index contributed by atoms with van der Waals surface area (Å²) in [6.07, 6.45) is 4.75. The highest BCUT2D eigenvalue weighted by molar-refractivity contribution is 4.91. The van der Waals surface area contributed by atoms with Gasteiger partial charge in [-0.1, -0.05) is 27.7 Å². The van der Waals surface area contributed by atoms with Gasteiger partial charge in [0.25, 0.3) is 0 Å². The van der Waals surface area contributed by atoms with Crippen LogP contribution < -0.4 is 0 Å².